The quantitative estimate of drug-likeness (QED) is 0.227. The van der Waals surface area contributed by atoms with E-state index in [0.717, 1.165) is 65.5 Å². The third-order valence-electron chi connectivity index (χ3n) is 7.56. The van der Waals surface area contributed by atoms with Crippen molar-refractivity contribution in [3.05, 3.63) is 137 Å². The van der Waals surface area contributed by atoms with Crippen LogP contribution in [0.4, 0.5) is 17.3 Å². The highest BCUT2D eigenvalue weighted by molar-refractivity contribution is 6.05. The number of aromatic nitrogens is 2. The largest absolute Gasteiger partial charge is 0.324 e. The number of fused-ring (bicyclic) bond motifs is 1. The van der Waals surface area contributed by atoms with Gasteiger partial charge in [-0.15, -0.1) is 0 Å². The Bertz CT molecular complexity index is 1650. The van der Waals surface area contributed by atoms with Gasteiger partial charge in [-0.25, -0.2) is 9.97 Å². The molecule has 0 spiro atoms. The zero-order chi connectivity index (χ0) is 28.2. The number of para-hydroxylation sites is 1. The topological polar surface area (TPSA) is 70.1 Å². The van der Waals surface area contributed by atoms with Crippen LogP contribution in [0.25, 0.3) is 11.3 Å². The van der Waals surface area contributed by atoms with E-state index in [0.29, 0.717) is 11.5 Å². The number of anilines is 3. The number of rotatable bonds is 7. The smallest absolute Gasteiger partial charge is 0.255 e. The first-order chi connectivity index (χ1) is 20.0. The molecule has 0 saturated heterocycles. The number of aryl methyl sites for hydroxylation is 2. The van der Waals surface area contributed by atoms with E-state index in [1.807, 2.05) is 74.5 Å². The number of amides is 1. The highest BCUT2D eigenvalue weighted by Gasteiger charge is 2.23. The Morgan fingerprint density at radius 1 is 0.805 bits per heavy atom. The molecular formula is C35H33N5O. The molecule has 2 heterocycles. The molecule has 0 fully saturated rings. The summed E-state index contributed by atoms with van der Waals surface area (Å²) in [6, 6.07) is 34.3. The molecule has 6 nitrogen and oxygen atoms in total. The van der Waals surface area contributed by atoms with E-state index in [1.54, 1.807) is 0 Å². The molecule has 0 radical (unpaired) electrons. The molecule has 5 aromatic rings. The van der Waals surface area contributed by atoms with E-state index in [2.05, 4.69) is 58.0 Å². The molecule has 4 aromatic carbocycles. The van der Waals surface area contributed by atoms with Crippen molar-refractivity contribution in [2.24, 2.45) is 0 Å². The van der Waals surface area contributed by atoms with Gasteiger partial charge in [-0.3, -0.25) is 9.69 Å². The zero-order valence-electron chi connectivity index (χ0n) is 23.4. The van der Waals surface area contributed by atoms with Crippen molar-refractivity contribution >= 4 is 23.2 Å². The minimum absolute atomic E-state index is 0.134. The molecule has 41 heavy (non-hydrogen) atoms. The minimum Gasteiger partial charge on any atom is -0.324 e. The predicted octanol–water partition coefficient (Wildman–Crippen LogP) is 7.31. The molecule has 6 rings (SSSR count). The van der Waals surface area contributed by atoms with E-state index in [1.165, 1.54) is 11.1 Å². The van der Waals surface area contributed by atoms with Gasteiger partial charge >= 0.3 is 0 Å². The molecule has 2 N–H and O–H groups in total. The number of benzene rings is 4. The maximum atomic E-state index is 12.9. The number of nitrogens with one attached hydrogen (secondary N) is 2. The normalized spacial score (nSPS) is 12.9. The van der Waals surface area contributed by atoms with Gasteiger partial charge in [-0.05, 0) is 54.8 Å². The second-order valence-electron chi connectivity index (χ2n) is 10.6. The van der Waals surface area contributed by atoms with Gasteiger partial charge in [0.25, 0.3) is 5.91 Å². The van der Waals surface area contributed by atoms with Gasteiger partial charge in [-0.1, -0.05) is 78.9 Å². The summed E-state index contributed by atoms with van der Waals surface area (Å²) < 4.78 is 0. The Labute approximate surface area is 241 Å². The Kier molecular flexibility index (Phi) is 7.56. The van der Waals surface area contributed by atoms with Crippen molar-refractivity contribution in [1.82, 2.24) is 14.9 Å². The summed E-state index contributed by atoms with van der Waals surface area (Å²) in [5, 5.41) is 6.44. The SMILES string of the molecule is Cc1cccc(C)c1NC(=O)c1ccc(Nc2nc3c(c(-c4ccccc4)n2)CN(Cc2ccccc2)CC3)cc1. The molecule has 0 bridgehead atoms. The number of carbonyl (C=O) groups is 1. The van der Waals surface area contributed by atoms with E-state index >= 15 is 0 Å². The lowest BCUT2D eigenvalue weighted by atomic mass is 9.99. The van der Waals surface area contributed by atoms with Crippen LogP contribution in [-0.4, -0.2) is 27.3 Å². The molecule has 0 aliphatic carbocycles. The summed E-state index contributed by atoms with van der Waals surface area (Å²) in [6.07, 6.45) is 0.858. The molecule has 0 unspecified atom stereocenters. The van der Waals surface area contributed by atoms with E-state index in [9.17, 15) is 4.79 Å². The standard InChI is InChI=1S/C35H33N5O/c1-24-10-9-11-25(2)32(24)38-34(41)28-16-18-29(19-17-28)36-35-37-31-20-21-40(22-26-12-5-3-6-13-26)23-30(31)33(39-35)27-14-7-4-8-15-27/h3-19H,20-23H2,1-2H3,(H,38,41)(H,36,37,39). The Balaban J connectivity index is 1.23. The third-order valence-corrected chi connectivity index (χ3v) is 7.56. The van der Waals surface area contributed by atoms with Crippen molar-refractivity contribution < 1.29 is 4.79 Å². The van der Waals surface area contributed by atoms with Gasteiger partial charge < -0.3 is 10.6 Å². The van der Waals surface area contributed by atoms with Crippen LogP contribution in [0.1, 0.15) is 38.3 Å². The van der Waals surface area contributed by atoms with Crippen LogP contribution in [0.15, 0.2) is 103 Å². The van der Waals surface area contributed by atoms with Crippen LogP contribution in [0, 0.1) is 13.8 Å². The van der Waals surface area contributed by atoms with Crippen molar-refractivity contribution in [2.45, 2.75) is 33.4 Å². The first-order valence-corrected chi connectivity index (χ1v) is 14.0. The molecule has 1 amide bonds. The third kappa shape index (κ3) is 6.03. The lowest BCUT2D eigenvalue weighted by Crippen LogP contribution is -2.31. The molecule has 0 saturated carbocycles. The first kappa shape index (κ1) is 26.4. The van der Waals surface area contributed by atoms with Gasteiger partial charge in [0, 0.05) is 54.1 Å². The van der Waals surface area contributed by atoms with Gasteiger partial charge in [0.2, 0.25) is 5.95 Å². The zero-order valence-corrected chi connectivity index (χ0v) is 23.4. The maximum absolute atomic E-state index is 12.9. The summed E-state index contributed by atoms with van der Waals surface area (Å²) in [5.41, 5.74) is 9.97. The summed E-state index contributed by atoms with van der Waals surface area (Å²) >= 11 is 0. The minimum atomic E-state index is -0.134. The van der Waals surface area contributed by atoms with Crippen LogP contribution in [0.5, 0.6) is 0 Å². The van der Waals surface area contributed by atoms with E-state index in [4.69, 9.17) is 9.97 Å². The average Bonchev–Trinajstić information content (AvgIpc) is 3.00. The second kappa shape index (κ2) is 11.7. The average molecular weight is 540 g/mol. The molecule has 204 valence electrons. The van der Waals surface area contributed by atoms with E-state index in [-0.39, 0.29) is 5.91 Å². The molecule has 0 atom stereocenters. The first-order valence-electron chi connectivity index (χ1n) is 14.0. The molecule has 6 heteroatoms. The van der Waals surface area contributed by atoms with Crippen molar-refractivity contribution in [3.8, 4) is 11.3 Å². The van der Waals surface area contributed by atoms with Crippen LogP contribution in [0.2, 0.25) is 0 Å². The van der Waals surface area contributed by atoms with Gasteiger partial charge in [0.15, 0.2) is 0 Å². The summed E-state index contributed by atoms with van der Waals surface area (Å²) in [4.78, 5) is 25.3. The number of carbonyl (C=O) groups excluding carboxylic acids is 1. The van der Waals surface area contributed by atoms with Crippen molar-refractivity contribution in [2.75, 3.05) is 17.2 Å². The molecule has 1 aliphatic heterocycles. The van der Waals surface area contributed by atoms with Gasteiger partial charge in [0.1, 0.15) is 0 Å². The number of hydrogen-bond acceptors (Lipinski definition) is 5. The van der Waals surface area contributed by atoms with Gasteiger partial charge in [-0.2, -0.15) is 0 Å². The molecule has 1 aromatic heterocycles. The van der Waals surface area contributed by atoms with Crippen LogP contribution < -0.4 is 10.6 Å². The summed E-state index contributed by atoms with van der Waals surface area (Å²) in [5.74, 6) is 0.428. The lowest BCUT2D eigenvalue weighted by Gasteiger charge is -2.29. The van der Waals surface area contributed by atoms with Crippen LogP contribution in [-0.2, 0) is 19.5 Å². The monoisotopic (exact) mass is 539 g/mol. The molecule has 1 aliphatic rings. The summed E-state index contributed by atoms with van der Waals surface area (Å²) in [7, 11) is 0. The van der Waals surface area contributed by atoms with E-state index < -0.39 is 0 Å². The number of nitrogens with zero attached hydrogens (tertiary/aromatic N) is 3. The Morgan fingerprint density at radius 3 is 2.20 bits per heavy atom. The lowest BCUT2D eigenvalue weighted by molar-refractivity contribution is 0.102. The second-order valence-corrected chi connectivity index (χ2v) is 10.6. The Morgan fingerprint density at radius 2 is 1.49 bits per heavy atom. The number of hydrogen-bond donors (Lipinski definition) is 2. The fourth-order valence-electron chi connectivity index (χ4n) is 5.37. The fourth-order valence-corrected chi connectivity index (χ4v) is 5.37. The van der Waals surface area contributed by atoms with Crippen LogP contribution in [0.3, 0.4) is 0 Å². The van der Waals surface area contributed by atoms with Crippen molar-refractivity contribution in [3.63, 3.8) is 0 Å². The van der Waals surface area contributed by atoms with Crippen molar-refractivity contribution in [1.29, 1.82) is 0 Å². The maximum Gasteiger partial charge on any atom is 0.255 e. The highest BCUT2D eigenvalue weighted by atomic mass is 16.1. The van der Waals surface area contributed by atoms with Crippen LogP contribution >= 0.6 is 0 Å². The molecular weight excluding hydrogens is 506 g/mol. The summed E-state index contributed by atoms with van der Waals surface area (Å²) in [6.45, 7) is 6.64. The Hall–Kier alpha value is -4.81. The van der Waals surface area contributed by atoms with Gasteiger partial charge in [0.05, 0.1) is 11.4 Å². The predicted molar refractivity (Wildman–Crippen MR) is 165 cm³/mol. The fraction of sp³-hybridized carbons (Fsp3) is 0.171. The highest BCUT2D eigenvalue weighted by Crippen LogP contribution is 2.31.